The summed E-state index contributed by atoms with van der Waals surface area (Å²) >= 11 is 1.55. The Morgan fingerprint density at radius 1 is 1.09 bits per heavy atom. The molecule has 34 heavy (non-hydrogen) atoms. The van der Waals surface area contributed by atoms with Gasteiger partial charge in [-0.2, -0.15) is 13.2 Å². The Hall–Kier alpha value is -3.99. The van der Waals surface area contributed by atoms with Crippen molar-refractivity contribution in [1.29, 1.82) is 0 Å². The molecule has 2 aromatic carbocycles. The normalized spacial score (nSPS) is 11.7. The number of amides is 1. The monoisotopic (exact) mass is 483 g/mol. The Kier molecular flexibility index (Phi) is 5.62. The van der Waals surface area contributed by atoms with Gasteiger partial charge in [-0.3, -0.25) is 9.20 Å². The van der Waals surface area contributed by atoms with Crippen molar-refractivity contribution in [3.63, 3.8) is 0 Å². The summed E-state index contributed by atoms with van der Waals surface area (Å²) in [5, 5.41) is 12.4. The van der Waals surface area contributed by atoms with Gasteiger partial charge in [0.25, 0.3) is 0 Å². The molecule has 5 aromatic rings. The van der Waals surface area contributed by atoms with Crippen LogP contribution in [0.4, 0.5) is 18.9 Å². The third kappa shape index (κ3) is 4.69. The molecule has 0 aliphatic rings. The van der Waals surface area contributed by atoms with Crippen LogP contribution in [0.15, 0.2) is 70.7 Å². The van der Waals surface area contributed by atoms with E-state index in [1.165, 1.54) is 12.1 Å². The van der Waals surface area contributed by atoms with Gasteiger partial charge in [0.2, 0.25) is 17.7 Å². The summed E-state index contributed by atoms with van der Waals surface area (Å²) in [4.78, 5) is 17.8. The number of hydrogen-bond donors (Lipinski definition) is 1. The summed E-state index contributed by atoms with van der Waals surface area (Å²) in [6.07, 6.45) is -0.358. The van der Waals surface area contributed by atoms with Crippen LogP contribution in [0, 0.1) is 0 Å². The van der Waals surface area contributed by atoms with Gasteiger partial charge in [-0.1, -0.05) is 18.2 Å². The number of aromatic nitrogens is 4. The first-order valence-corrected chi connectivity index (χ1v) is 11.1. The van der Waals surface area contributed by atoms with Gasteiger partial charge in [0, 0.05) is 47.4 Å². The molecule has 5 rings (SSSR count). The summed E-state index contributed by atoms with van der Waals surface area (Å²) < 4.78 is 46.1. The van der Waals surface area contributed by atoms with Crippen molar-refractivity contribution in [3.8, 4) is 22.7 Å². The van der Waals surface area contributed by atoms with E-state index in [1.54, 1.807) is 23.5 Å². The Labute approximate surface area is 194 Å². The van der Waals surface area contributed by atoms with Crippen molar-refractivity contribution in [2.24, 2.45) is 0 Å². The number of halogens is 3. The first kappa shape index (κ1) is 21.8. The molecule has 3 heterocycles. The number of anilines is 1. The Morgan fingerprint density at radius 2 is 1.91 bits per heavy atom. The largest absolute Gasteiger partial charge is 0.421 e. The summed E-state index contributed by atoms with van der Waals surface area (Å²) in [7, 11) is 0. The maximum atomic E-state index is 12.9. The number of nitrogens with zero attached hydrogens (tertiary/aromatic N) is 4. The number of nitrogens with one attached hydrogen (secondary N) is 1. The number of aryl methyl sites for hydroxylation is 1. The molecule has 0 fully saturated rings. The molecular weight excluding hydrogens is 467 g/mol. The van der Waals surface area contributed by atoms with Crippen molar-refractivity contribution in [2.75, 3.05) is 5.32 Å². The van der Waals surface area contributed by atoms with Gasteiger partial charge >= 0.3 is 6.18 Å². The first-order chi connectivity index (χ1) is 16.3. The lowest BCUT2D eigenvalue weighted by atomic mass is 10.1. The maximum absolute atomic E-state index is 12.9. The molecule has 0 saturated carbocycles. The topological polar surface area (TPSA) is 85.3 Å². The highest BCUT2D eigenvalue weighted by Crippen LogP contribution is 2.32. The van der Waals surface area contributed by atoms with Crippen LogP contribution in [0.25, 0.3) is 27.7 Å². The number of imidazole rings is 1. The highest BCUT2D eigenvalue weighted by atomic mass is 32.1. The maximum Gasteiger partial charge on any atom is 0.416 e. The van der Waals surface area contributed by atoms with E-state index in [1.807, 2.05) is 34.3 Å². The zero-order chi connectivity index (χ0) is 23.7. The SMILES string of the molecule is O=C(CCc1nnc(-c2cccc(C(F)(F)F)c2)o1)Nc1ccc(-c2cn3ccsc3n2)cc1. The zero-order valence-corrected chi connectivity index (χ0v) is 18.2. The molecular formula is C23H16F3N5O2S. The Balaban J connectivity index is 1.18. The van der Waals surface area contributed by atoms with Crippen LogP contribution in [0.2, 0.25) is 0 Å². The fraction of sp³-hybridized carbons (Fsp3) is 0.130. The minimum Gasteiger partial charge on any atom is -0.421 e. The van der Waals surface area contributed by atoms with Crippen LogP contribution >= 0.6 is 11.3 Å². The fourth-order valence-corrected chi connectivity index (χ4v) is 4.03. The molecule has 0 aliphatic carbocycles. The van der Waals surface area contributed by atoms with E-state index < -0.39 is 11.7 Å². The molecule has 0 aliphatic heterocycles. The minimum absolute atomic E-state index is 0.0313. The molecule has 3 aromatic heterocycles. The van der Waals surface area contributed by atoms with Crippen LogP contribution in [0.1, 0.15) is 17.9 Å². The predicted molar refractivity (Wildman–Crippen MR) is 120 cm³/mol. The van der Waals surface area contributed by atoms with Crippen LogP contribution in [-0.4, -0.2) is 25.5 Å². The Morgan fingerprint density at radius 3 is 2.68 bits per heavy atom. The summed E-state index contributed by atoms with van der Waals surface area (Å²) in [6, 6.07) is 12.0. The molecule has 0 saturated heterocycles. The van der Waals surface area contributed by atoms with E-state index in [0.29, 0.717) is 5.69 Å². The highest BCUT2D eigenvalue weighted by molar-refractivity contribution is 7.15. The number of benzene rings is 2. The lowest BCUT2D eigenvalue weighted by Crippen LogP contribution is -2.12. The number of carbonyl (C=O) groups excluding carboxylic acids is 1. The lowest BCUT2D eigenvalue weighted by Gasteiger charge is -2.06. The van der Waals surface area contributed by atoms with Crippen LogP contribution in [-0.2, 0) is 17.4 Å². The molecule has 1 amide bonds. The quantitative estimate of drug-likeness (QED) is 0.335. The van der Waals surface area contributed by atoms with Crippen LogP contribution in [0.3, 0.4) is 0 Å². The molecule has 0 bridgehead atoms. The molecule has 0 atom stereocenters. The van der Waals surface area contributed by atoms with Gasteiger partial charge in [0.1, 0.15) is 0 Å². The molecule has 11 heteroatoms. The summed E-state index contributed by atoms with van der Waals surface area (Å²) in [6.45, 7) is 0. The summed E-state index contributed by atoms with van der Waals surface area (Å²) in [5.74, 6) is -0.122. The van der Waals surface area contributed by atoms with E-state index in [4.69, 9.17) is 4.42 Å². The van der Waals surface area contributed by atoms with Gasteiger partial charge in [-0.05, 0) is 30.3 Å². The third-order valence-electron chi connectivity index (χ3n) is 5.03. The van der Waals surface area contributed by atoms with E-state index in [2.05, 4.69) is 20.5 Å². The van der Waals surface area contributed by atoms with Gasteiger partial charge in [-0.15, -0.1) is 21.5 Å². The molecule has 172 valence electrons. The Bertz CT molecular complexity index is 1420. The van der Waals surface area contributed by atoms with Gasteiger partial charge in [-0.25, -0.2) is 4.98 Å². The molecule has 0 radical (unpaired) electrons. The first-order valence-electron chi connectivity index (χ1n) is 10.2. The minimum atomic E-state index is -4.47. The smallest absolute Gasteiger partial charge is 0.416 e. The number of carbonyl (C=O) groups is 1. The second kappa shape index (κ2) is 8.75. The van der Waals surface area contributed by atoms with Crippen molar-refractivity contribution in [2.45, 2.75) is 19.0 Å². The second-order valence-electron chi connectivity index (χ2n) is 7.42. The number of hydrogen-bond acceptors (Lipinski definition) is 6. The van der Waals surface area contributed by atoms with Crippen molar-refractivity contribution in [3.05, 3.63) is 77.8 Å². The number of thiazole rings is 1. The summed E-state index contributed by atoms with van der Waals surface area (Å²) in [5.41, 5.74) is 1.77. The number of alkyl halides is 3. The average molecular weight is 483 g/mol. The van der Waals surface area contributed by atoms with E-state index in [-0.39, 0.29) is 36.1 Å². The van der Waals surface area contributed by atoms with Crippen molar-refractivity contribution < 1.29 is 22.4 Å². The standard InChI is InChI=1S/C23H16F3N5O2S/c24-23(25,26)16-3-1-2-15(12-16)21-30-29-20(33-21)9-8-19(32)27-17-6-4-14(5-7-17)18-13-31-10-11-34-22(31)28-18/h1-7,10-13H,8-9H2,(H,27,32). The second-order valence-corrected chi connectivity index (χ2v) is 8.30. The van der Waals surface area contributed by atoms with E-state index in [9.17, 15) is 18.0 Å². The van der Waals surface area contributed by atoms with Gasteiger partial charge < -0.3 is 9.73 Å². The lowest BCUT2D eigenvalue weighted by molar-refractivity contribution is -0.137. The third-order valence-corrected chi connectivity index (χ3v) is 5.80. The molecule has 1 N–H and O–H groups in total. The molecule has 7 nitrogen and oxygen atoms in total. The fourth-order valence-electron chi connectivity index (χ4n) is 3.33. The van der Waals surface area contributed by atoms with Crippen molar-refractivity contribution in [1.82, 2.24) is 19.6 Å². The van der Waals surface area contributed by atoms with Crippen molar-refractivity contribution >= 4 is 27.9 Å². The van der Waals surface area contributed by atoms with E-state index >= 15 is 0 Å². The number of fused-ring (bicyclic) bond motifs is 1. The van der Waals surface area contributed by atoms with Crippen LogP contribution < -0.4 is 5.32 Å². The predicted octanol–water partition coefficient (Wildman–Crippen LogP) is 5.70. The van der Waals surface area contributed by atoms with Gasteiger partial charge in [0.15, 0.2) is 4.96 Å². The molecule has 0 unspecified atom stereocenters. The highest BCUT2D eigenvalue weighted by Gasteiger charge is 2.30. The van der Waals surface area contributed by atoms with Crippen LogP contribution in [0.5, 0.6) is 0 Å². The van der Waals surface area contributed by atoms with Gasteiger partial charge in [0.05, 0.1) is 11.3 Å². The molecule has 0 spiro atoms. The van der Waals surface area contributed by atoms with E-state index in [0.717, 1.165) is 28.4 Å². The average Bonchev–Trinajstić information content (AvgIpc) is 3.54. The number of rotatable bonds is 6. The zero-order valence-electron chi connectivity index (χ0n) is 17.4.